The van der Waals surface area contributed by atoms with Crippen molar-refractivity contribution in [2.75, 3.05) is 26.2 Å². The number of unbranched alkanes of at least 4 members (excludes halogenated alkanes) is 1. The number of likely N-dealkylation sites (tertiary alicyclic amines) is 1. The van der Waals surface area contributed by atoms with Crippen molar-refractivity contribution in [3.05, 3.63) is 0 Å². The molecule has 0 N–H and O–H groups in total. The molecule has 2 heteroatoms. The van der Waals surface area contributed by atoms with E-state index in [2.05, 4.69) is 13.8 Å². The lowest BCUT2D eigenvalue weighted by atomic mass is 10.2. The first-order valence-corrected chi connectivity index (χ1v) is 6.18. The minimum absolute atomic E-state index is 0. The third kappa shape index (κ3) is 4.31. The zero-order chi connectivity index (χ0) is 9.57. The van der Waals surface area contributed by atoms with Crippen molar-refractivity contribution in [3.63, 3.8) is 0 Å². The molecule has 1 fully saturated rings. The van der Waals surface area contributed by atoms with Crippen LogP contribution >= 0.6 is 17.0 Å². The molecule has 0 radical (unpaired) electrons. The van der Waals surface area contributed by atoms with E-state index in [9.17, 15) is 0 Å². The van der Waals surface area contributed by atoms with Crippen LogP contribution in [-0.4, -0.2) is 30.7 Å². The lowest BCUT2D eigenvalue weighted by Gasteiger charge is -2.37. The van der Waals surface area contributed by atoms with Gasteiger partial charge in [0.1, 0.15) is 0 Å². The summed E-state index contributed by atoms with van der Waals surface area (Å²) in [5.74, 6) is 0. The van der Waals surface area contributed by atoms with Gasteiger partial charge in [-0.2, -0.15) is 0 Å². The number of halogens is 1. The van der Waals surface area contributed by atoms with Gasteiger partial charge in [-0.1, -0.05) is 13.3 Å². The molecule has 1 saturated heterocycles. The first kappa shape index (κ1) is 14.4. The summed E-state index contributed by atoms with van der Waals surface area (Å²) in [5.41, 5.74) is 0. The molecule has 1 heterocycles. The molecule has 1 rings (SSSR count). The highest BCUT2D eigenvalue weighted by Crippen LogP contribution is 2.19. The van der Waals surface area contributed by atoms with Crippen molar-refractivity contribution in [3.8, 4) is 0 Å². The second kappa shape index (κ2) is 7.70. The van der Waals surface area contributed by atoms with Crippen LogP contribution in [0.3, 0.4) is 0 Å². The van der Waals surface area contributed by atoms with Gasteiger partial charge < -0.3 is 4.48 Å². The highest BCUT2D eigenvalue weighted by molar-refractivity contribution is 8.93. The van der Waals surface area contributed by atoms with E-state index in [0.717, 1.165) is 0 Å². The molecule has 0 bridgehead atoms. The van der Waals surface area contributed by atoms with Gasteiger partial charge in [-0.15, -0.1) is 17.0 Å². The van der Waals surface area contributed by atoms with Gasteiger partial charge in [-0.25, -0.2) is 0 Å². The average Bonchev–Trinajstić information content (AvgIpc) is 2.41. The van der Waals surface area contributed by atoms with Crippen molar-refractivity contribution in [1.82, 2.24) is 0 Å². The third-order valence-corrected chi connectivity index (χ3v) is 3.67. The van der Waals surface area contributed by atoms with E-state index in [4.69, 9.17) is 0 Å². The van der Waals surface area contributed by atoms with Crippen LogP contribution < -0.4 is 0 Å². The highest BCUT2D eigenvalue weighted by atomic mass is 79.9. The van der Waals surface area contributed by atoms with Crippen LogP contribution in [0.25, 0.3) is 0 Å². The minimum atomic E-state index is 0. The zero-order valence-electron chi connectivity index (χ0n) is 9.93. The molecule has 1 nitrogen and oxygen atoms in total. The van der Waals surface area contributed by atoms with Gasteiger partial charge in [0.15, 0.2) is 0 Å². The van der Waals surface area contributed by atoms with E-state index in [1.54, 1.807) is 0 Å². The molecule has 0 aromatic heterocycles. The largest absolute Gasteiger partial charge is 0.324 e. The summed E-state index contributed by atoms with van der Waals surface area (Å²) < 4.78 is 1.42. The van der Waals surface area contributed by atoms with Gasteiger partial charge in [0.05, 0.1) is 26.2 Å². The van der Waals surface area contributed by atoms with Gasteiger partial charge in [0.25, 0.3) is 0 Å². The van der Waals surface area contributed by atoms with Crippen LogP contribution in [0.2, 0.25) is 0 Å². The lowest BCUT2D eigenvalue weighted by molar-refractivity contribution is -0.926. The number of nitrogens with zero attached hydrogens (tertiary/aromatic N) is 1. The smallest absolute Gasteiger partial charge is 0.0786 e. The Hall–Kier alpha value is 0.440. The van der Waals surface area contributed by atoms with Crippen molar-refractivity contribution in [2.45, 2.75) is 52.4 Å². The molecule has 86 valence electrons. The van der Waals surface area contributed by atoms with Crippen molar-refractivity contribution < 1.29 is 4.48 Å². The highest BCUT2D eigenvalue weighted by Gasteiger charge is 2.25. The monoisotopic (exact) mass is 264 g/mol. The van der Waals surface area contributed by atoms with Crippen LogP contribution in [0.15, 0.2) is 0 Å². The Morgan fingerprint density at radius 3 is 1.93 bits per heavy atom. The van der Waals surface area contributed by atoms with E-state index in [-0.39, 0.29) is 17.0 Å². The van der Waals surface area contributed by atoms with Gasteiger partial charge >= 0.3 is 0 Å². The van der Waals surface area contributed by atoms with Crippen LogP contribution in [0.4, 0.5) is 0 Å². The third-order valence-electron chi connectivity index (χ3n) is 3.67. The number of rotatable bonds is 4. The maximum atomic E-state index is 2.38. The predicted octanol–water partition coefficient (Wildman–Crippen LogP) is 3.78. The number of hydrogen-bond donors (Lipinski definition) is 0. The molecular weight excluding hydrogens is 238 g/mol. The Morgan fingerprint density at radius 2 is 1.50 bits per heavy atom. The fourth-order valence-electron chi connectivity index (χ4n) is 2.55. The SMILES string of the molecule is Br.CCCC[N+]1(CC)CCCCCC1. The minimum Gasteiger partial charge on any atom is -0.324 e. The topological polar surface area (TPSA) is 0 Å². The molecule has 14 heavy (non-hydrogen) atoms. The summed E-state index contributed by atoms with van der Waals surface area (Å²) in [6.45, 7) is 10.4. The molecule has 0 spiro atoms. The molecule has 0 aromatic rings. The first-order valence-electron chi connectivity index (χ1n) is 6.18. The zero-order valence-corrected chi connectivity index (χ0v) is 11.6. The normalized spacial score (nSPS) is 21.0. The molecule has 0 saturated carbocycles. The van der Waals surface area contributed by atoms with E-state index >= 15 is 0 Å². The van der Waals surface area contributed by atoms with Gasteiger partial charge in [0, 0.05) is 0 Å². The summed E-state index contributed by atoms with van der Waals surface area (Å²) in [6.07, 6.45) is 8.68. The van der Waals surface area contributed by atoms with E-state index in [0.29, 0.717) is 0 Å². The molecule has 0 amide bonds. The quantitative estimate of drug-likeness (QED) is 0.679. The van der Waals surface area contributed by atoms with E-state index < -0.39 is 0 Å². The Balaban J connectivity index is 0.00000169. The summed E-state index contributed by atoms with van der Waals surface area (Å²) in [5, 5.41) is 0. The fraction of sp³-hybridized carbons (Fsp3) is 1.00. The van der Waals surface area contributed by atoms with Crippen LogP contribution in [0.1, 0.15) is 52.4 Å². The lowest BCUT2D eigenvalue weighted by Crippen LogP contribution is -2.49. The summed E-state index contributed by atoms with van der Waals surface area (Å²) >= 11 is 0. The van der Waals surface area contributed by atoms with Gasteiger partial charge in [-0.3, -0.25) is 0 Å². The number of hydrogen-bond acceptors (Lipinski definition) is 0. The van der Waals surface area contributed by atoms with Crippen LogP contribution in [-0.2, 0) is 0 Å². The van der Waals surface area contributed by atoms with Crippen molar-refractivity contribution >= 4 is 17.0 Å². The Morgan fingerprint density at radius 1 is 0.929 bits per heavy atom. The Kier molecular flexibility index (Phi) is 7.94. The fourth-order valence-corrected chi connectivity index (χ4v) is 2.55. The molecule has 0 unspecified atom stereocenters. The molecule has 1 aliphatic rings. The summed E-state index contributed by atoms with van der Waals surface area (Å²) in [6, 6.07) is 0. The maximum absolute atomic E-state index is 2.38. The van der Waals surface area contributed by atoms with Crippen LogP contribution in [0.5, 0.6) is 0 Å². The molecular formula is C12H27BrN+. The Bertz CT molecular complexity index is 128. The Labute approximate surface area is 100 Å². The maximum Gasteiger partial charge on any atom is 0.0786 e. The standard InChI is InChI=1S/C12H26N.BrH/c1-3-5-10-13(4-2)11-8-6-7-9-12-13;/h3-12H2,1-2H3;1H/q+1;. The first-order chi connectivity index (χ1) is 6.33. The van der Waals surface area contributed by atoms with Crippen molar-refractivity contribution in [1.29, 1.82) is 0 Å². The van der Waals surface area contributed by atoms with E-state index in [1.807, 2.05) is 0 Å². The van der Waals surface area contributed by atoms with Crippen molar-refractivity contribution in [2.24, 2.45) is 0 Å². The van der Waals surface area contributed by atoms with Crippen LogP contribution in [0, 0.1) is 0 Å². The summed E-state index contributed by atoms with van der Waals surface area (Å²) in [7, 11) is 0. The van der Waals surface area contributed by atoms with Gasteiger partial charge in [0.2, 0.25) is 0 Å². The molecule has 1 aliphatic heterocycles. The molecule has 0 aromatic carbocycles. The molecule has 0 aliphatic carbocycles. The second-order valence-electron chi connectivity index (χ2n) is 4.60. The predicted molar refractivity (Wildman–Crippen MR) is 69.1 cm³/mol. The van der Waals surface area contributed by atoms with E-state index in [1.165, 1.54) is 69.2 Å². The average molecular weight is 265 g/mol. The number of quaternary nitrogens is 1. The molecule has 0 atom stereocenters. The van der Waals surface area contributed by atoms with Gasteiger partial charge in [-0.05, 0) is 39.0 Å². The summed E-state index contributed by atoms with van der Waals surface area (Å²) in [4.78, 5) is 0. The second-order valence-corrected chi connectivity index (χ2v) is 4.60.